The number of halogens is 3. The van der Waals surface area contributed by atoms with E-state index < -0.39 is 0 Å². The van der Waals surface area contributed by atoms with Crippen LogP contribution in [0.3, 0.4) is 0 Å². The van der Waals surface area contributed by atoms with E-state index in [0.29, 0.717) is 54.9 Å². The molecule has 2 aromatic carbocycles. The number of methoxy groups -OCH3 is 2. The number of hydrogen-bond acceptors (Lipinski definition) is 6. The van der Waals surface area contributed by atoms with E-state index in [4.69, 9.17) is 54.2 Å². The largest absolute Gasteiger partial charge is 0.495 e. The molecule has 4 aromatic rings. The summed E-state index contributed by atoms with van der Waals surface area (Å²) < 4.78 is 12.5. The SMILES string of the molecule is COc1cc(Nc2nc3cc(Cl)c(Cl)cc3nc2-n2nc(C)cc2C)c(OC)cc1Cl. The number of rotatable bonds is 5. The van der Waals surface area contributed by atoms with Gasteiger partial charge in [-0.2, -0.15) is 5.10 Å². The molecule has 0 saturated carbocycles. The molecule has 4 rings (SSSR count). The van der Waals surface area contributed by atoms with Crippen molar-refractivity contribution in [2.45, 2.75) is 13.8 Å². The maximum absolute atomic E-state index is 6.24. The molecule has 0 aliphatic carbocycles. The van der Waals surface area contributed by atoms with Gasteiger partial charge in [0.15, 0.2) is 11.6 Å². The summed E-state index contributed by atoms with van der Waals surface area (Å²) in [6, 6.07) is 8.69. The van der Waals surface area contributed by atoms with Gasteiger partial charge in [0.2, 0.25) is 0 Å². The van der Waals surface area contributed by atoms with Crippen molar-refractivity contribution in [1.29, 1.82) is 0 Å². The van der Waals surface area contributed by atoms with Crippen LogP contribution in [0, 0.1) is 13.8 Å². The smallest absolute Gasteiger partial charge is 0.197 e. The third kappa shape index (κ3) is 4.08. The number of ether oxygens (including phenoxy) is 2. The second-order valence-corrected chi connectivity index (χ2v) is 8.02. The van der Waals surface area contributed by atoms with E-state index in [0.717, 1.165) is 11.4 Å². The average Bonchev–Trinajstić information content (AvgIpc) is 3.07. The Balaban J connectivity index is 1.95. The van der Waals surface area contributed by atoms with Crippen molar-refractivity contribution >= 4 is 57.3 Å². The van der Waals surface area contributed by atoms with E-state index in [2.05, 4.69) is 10.4 Å². The molecule has 0 amide bonds. The topological polar surface area (TPSA) is 74.1 Å². The molecule has 0 aliphatic rings. The summed E-state index contributed by atoms with van der Waals surface area (Å²) in [5.41, 5.74) is 3.51. The molecule has 0 unspecified atom stereocenters. The summed E-state index contributed by atoms with van der Waals surface area (Å²) in [5.74, 6) is 1.94. The summed E-state index contributed by atoms with van der Waals surface area (Å²) in [7, 11) is 3.10. The van der Waals surface area contributed by atoms with Crippen molar-refractivity contribution in [2.24, 2.45) is 0 Å². The van der Waals surface area contributed by atoms with E-state index >= 15 is 0 Å². The highest BCUT2D eigenvalue weighted by atomic mass is 35.5. The molecular weight excluding hydrogens is 461 g/mol. The van der Waals surface area contributed by atoms with Gasteiger partial charge < -0.3 is 14.8 Å². The van der Waals surface area contributed by atoms with Crippen LogP contribution in [-0.2, 0) is 0 Å². The van der Waals surface area contributed by atoms with Gasteiger partial charge in [0, 0.05) is 17.8 Å². The fourth-order valence-electron chi connectivity index (χ4n) is 3.20. The number of nitrogens with one attached hydrogen (secondary N) is 1. The first-order valence-corrected chi connectivity index (χ1v) is 10.3. The minimum atomic E-state index is 0.388. The van der Waals surface area contributed by atoms with Crippen LogP contribution in [0.1, 0.15) is 11.4 Å². The average molecular weight is 479 g/mol. The van der Waals surface area contributed by atoms with Crippen LogP contribution in [0.15, 0.2) is 30.3 Å². The van der Waals surface area contributed by atoms with Crippen LogP contribution < -0.4 is 14.8 Å². The van der Waals surface area contributed by atoms with Crippen LogP contribution in [0.5, 0.6) is 11.5 Å². The first kappa shape index (κ1) is 21.5. The van der Waals surface area contributed by atoms with Crippen LogP contribution >= 0.6 is 34.8 Å². The van der Waals surface area contributed by atoms with Gasteiger partial charge in [-0.3, -0.25) is 0 Å². The predicted molar refractivity (Wildman–Crippen MR) is 124 cm³/mol. The highest BCUT2D eigenvalue weighted by Crippen LogP contribution is 2.38. The van der Waals surface area contributed by atoms with Gasteiger partial charge in [0.05, 0.1) is 51.7 Å². The van der Waals surface area contributed by atoms with Gasteiger partial charge in [-0.15, -0.1) is 0 Å². The maximum Gasteiger partial charge on any atom is 0.197 e. The Bertz CT molecular complexity index is 1310. The molecule has 31 heavy (non-hydrogen) atoms. The van der Waals surface area contributed by atoms with Gasteiger partial charge in [-0.25, -0.2) is 14.6 Å². The van der Waals surface area contributed by atoms with Crippen molar-refractivity contribution < 1.29 is 9.47 Å². The van der Waals surface area contributed by atoms with Gasteiger partial charge >= 0.3 is 0 Å². The Morgan fingerprint density at radius 2 is 1.45 bits per heavy atom. The molecule has 160 valence electrons. The Kier molecular flexibility index (Phi) is 5.83. The summed E-state index contributed by atoms with van der Waals surface area (Å²) in [6.07, 6.45) is 0. The normalized spacial score (nSPS) is 11.1. The molecular formula is C21H18Cl3N5O2. The third-order valence-corrected chi connectivity index (χ3v) is 5.64. The zero-order valence-corrected chi connectivity index (χ0v) is 19.4. The van der Waals surface area contributed by atoms with Crippen LogP contribution in [0.4, 0.5) is 11.5 Å². The Labute approximate surface area is 193 Å². The number of aromatic nitrogens is 4. The summed E-state index contributed by atoms with van der Waals surface area (Å²) in [4.78, 5) is 9.51. The molecule has 0 radical (unpaired) electrons. The fourth-order valence-corrected chi connectivity index (χ4v) is 3.75. The van der Waals surface area contributed by atoms with Crippen molar-refractivity contribution in [2.75, 3.05) is 19.5 Å². The van der Waals surface area contributed by atoms with Crippen molar-refractivity contribution in [3.8, 4) is 17.3 Å². The molecule has 10 heteroatoms. The third-order valence-electron chi connectivity index (χ3n) is 4.63. The van der Waals surface area contributed by atoms with Crippen LogP contribution in [-0.4, -0.2) is 34.0 Å². The zero-order chi connectivity index (χ0) is 22.3. The Morgan fingerprint density at radius 1 is 0.806 bits per heavy atom. The maximum atomic E-state index is 6.24. The fraction of sp³-hybridized carbons (Fsp3) is 0.190. The monoisotopic (exact) mass is 477 g/mol. The second-order valence-electron chi connectivity index (χ2n) is 6.80. The summed E-state index contributed by atoms with van der Waals surface area (Å²) >= 11 is 18.6. The molecule has 2 aromatic heterocycles. The van der Waals surface area contributed by atoms with E-state index in [1.165, 1.54) is 0 Å². The lowest BCUT2D eigenvalue weighted by atomic mass is 10.2. The highest BCUT2D eigenvalue weighted by Gasteiger charge is 2.18. The van der Waals surface area contributed by atoms with Crippen LogP contribution in [0.2, 0.25) is 15.1 Å². The highest BCUT2D eigenvalue weighted by molar-refractivity contribution is 6.42. The number of fused-ring (bicyclic) bond motifs is 1. The zero-order valence-electron chi connectivity index (χ0n) is 17.1. The van der Waals surface area contributed by atoms with Gasteiger partial charge in [0.1, 0.15) is 11.5 Å². The molecule has 0 spiro atoms. The van der Waals surface area contributed by atoms with E-state index in [9.17, 15) is 0 Å². The first-order valence-electron chi connectivity index (χ1n) is 9.19. The molecule has 0 saturated heterocycles. The van der Waals surface area contributed by atoms with Crippen molar-refractivity contribution in [1.82, 2.24) is 19.7 Å². The molecule has 0 fully saturated rings. The molecule has 2 heterocycles. The summed E-state index contributed by atoms with van der Waals surface area (Å²) in [5, 5.41) is 9.05. The molecule has 0 atom stereocenters. The molecule has 1 N–H and O–H groups in total. The molecule has 0 bridgehead atoms. The van der Waals surface area contributed by atoms with E-state index in [-0.39, 0.29) is 0 Å². The van der Waals surface area contributed by atoms with E-state index in [1.54, 1.807) is 43.2 Å². The van der Waals surface area contributed by atoms with Gasteiger partial charge in [-0.1, -0.05) is 34.8 Å². The standard InChI is InChI=1S/C21H18Cl3N5O2/c1-10-5-11(2)29(28-10)21-20(25-15-6-12(22)13(23)7-16(15)27-21)26-17-9-18(30-3)14(24)8-19(17)31-4/h5-9H,1-4H3,(H,25,26). The molecule has 7 nitrogen and oxygen atoms in total. The number of aryl methyl sites for hydroxylation is 2. The van der Waals surface area contributed by atoms with Gasteiger partial charge in [0.25, 0.3) is 0 Å². The Morgan fingerprint density at radius 3 is 2.03 bits per heavy atom. The van der Waals surface area contributed by atoms with E-state index in [1.807, 2.05) is 19.9 Å². The van der Waals surface area contributed by atoms with Gasteiger partial charge in [-0.05, 0) is 32.0 Å². The minimum Gasteiger partial charge on any atom is -0.495 e. The lowest BCUT2D eigenvalue weighted by Crippen LogP contribution is -2.09. The number of nitrogens with zero attached hydrogens (tertiary/aromatic N) is 4. The second kappa shape index (κ2) is 8.42. The van der Waals surface area contributed by atoms with Crippen molar-refractivity contribution in [3.05, 3.63) is 56.8 Å². The quantitative estimate of drug-likeness (QED) is 0.371. The number of hydrogen-bond donors (Lipinski definition) is 1. The van der Waals surface area contributed by atoms with Crippen LogP contribution in [0.25, 0.3) is 16.9 Å². The first-order chi connectivity index (χ1) is 14.8. The summed E-state index contributed by atoms with van der Waals surface area (Å²) in [6.45, 7) is 3.85. The number of benzene rings is 2. The lowest BCUT2D eigenvalue weighted by Gasteiger charge is -2.16. The predicted octanol–water partition coefficient (Wildman–Crippen LogP) is 6.15. The molecule has 0 aliphatic heterocycles. The lowest BCUT2D eigenvalue weighted by molar-refractivity contribution is 0.405. The Hall–Kier alpha value is -2.74. The number of anilines is 2. The minimum absolute atomic E-state index is 0.388. The van der Waals surface area contributed by atoms with Crippen molar-refractivity contribution in [3.63, 3.8) is 0 Å².